The highest BCUT2D eigenvalue weighted by molar-refractivity contribution is 7.80. The van der Waals surface area contributed by atoms with Crippen molar-refractivity contribution in [3.8, 4) is 5.88 Å². The minimum atomic E-state index is -3.37. The van der Waals surface area contributed by atoms with Crippen LogP contribution in [0.15, 0.2) is 16.9 Å². The van der Waals surface area contributed by atoms with E-state index in [2.05, 4.69) is 10.2 Å². The molecule has 16 heavy (non-hydrogen) atoms. The summed E-state index contributed by atoms with van der Waals surface area (Å²) in [5, 5.41) is 7.03. The fraction of sp³-hybridized carbons (Fsp3) is 0.375. The number of H-pyrrole nitrogens is 1. The van der Waals surface area contributed by atoms with Crippen LogP contribution in [0.3, 0.4) is 0 Å². The van der Waals surface area contributed by atoms with Gasteiger partial charge in [-0.05, 0) is 12.3 Å². The molecule has 0 fully saturated rings. The van der Waals surface area contributed by atoms with Crippen molar-refractivity contribution in [2.75, 3.05) is 7.11 Å². The van der Waals surface area contributed by atoms with Gasteiger partial charge >= 0.3 is 7.60 Å². The molecule has 8 heteroatoms. The van der Waals surface area contributed by atoms with Gasteiger partial charge in [-0.3, -0.25) is 4.79 Å². The summed E-state index contributed by atoms with van der Waals surface area (Å²) in [5.41, 5.74) is -0.913. The van der Waals surface area contributed by atoms with E-state index in [-0.39, 0.29) is 11.4 Å². The first-order valence-electron chi connectivity index (χ1n) is 4.38. The normalized spacial score (nSPS) is 16.1. The third-order valence-corrected chi connectivity index (χ3v) is 4.53. The van der Waals surface area contributed by atoms with E-state index in [1.807, 2.05) is 0 Å². The van der Waals surface area contributed by atoms with Gasteiger partial charge in [0.25, 0.3) is 5.56 Å². The van der Waals surface area contributed by atoms with Gasteiger partial charge in [0.1, 0.15) is 0 Å². The SMILES string of the molecule is COP(=O)(Oc1ccc(=O)[nH]n1)C(C)C=S. The fourth-order valence-electron chi connectivity index (χ4n) is 0.874. The maximum absolute atomic E-state index is 12.1. The van der Waals surface area contributed by atoms with Crippen LogP contribution in [-0.4, -0.2) is 28.3 Å². The Bertz CT molecular complexity index is 455. The molecule has 0 aliphatic carbocycles. The average Bonchev–Trinajstić information content (AvgIpc) is 2.31. The second kappa shape index (κ2) is 5.34. The monoisotopic (exact) mass is 262 g/mol. The van der Waals surface area contributed by atoms with Crippen molar-refractivity contribution in [2.45, 2.75) is 12.6 Å². The van der Waals surface area contributed by atoms with Gasteiger partial charge in [-0.25, -0.2) is 9.66 Å². The molecule has 1 rings (SSSR count). The van der Waals surface area contributed by atoms with Crippen molar-refractivity contribution in [2.24, 2.45) is 0 Å². The number of hydrogen-bond donors (Lipinski definition) is 1. The number of thiocarbonyl (C=S) groups is 1. The molecule has 0 saturated heterocycles. The van der Waals surface area contributed by atoms with Gasteiger partial charge in [0.15, 0.2) is 0 Å². The van der Waals surface area contributed by atoms with E-state index >= 15 is 0 Å². The van der Waals surface area contributed by atoms with Crippen LogP contribution in [0.1, 0.15) is 6.92 Å². The predicted molar refractivity (Wildman–Crippen MR) is 63.2 cm³/mol. The molecule has 0 aromatic carbocycles. The molecule has 0 saturated carbocycles. The lowest BCUT2D eigenvalue weighted by molar-refractivity contribution is 0.314. The molecule has 1 heterocycles. The third kappa shape index (κ3) is 2.98. The van der Waals surface area contributed by atoms with Crippen LogP contribution < -0.4 is 10.1 Å². The quantitative estimate of drug-likeness (QED) is 0.637. The zero-order valence-electron chi connectivity index (χ0n) is 8.75. The smallest absolute Gasteiger partial charge is 0.387 e. The summed E-state index contributed by atoms with van der Waals surface area (Å²) in [6, 6.07) is 2.52. The van der Waals surface area contributed by atoms with Crippen molar-refractivity contribution < 1.29 is 13.6 Å². The summed E-state index contributed by atoms with van der Waals surface area (Å²) >= 11 is 4.69. The molecule has 0 aliphatic heterocycles. The van der Waals surface area contributed by atoms with Crippen LogP contribution in [0, 0.1) is 0 Å². The fourth-order valence-corrected chi connectivity index (χ4v) is 2.41. The Labute approximate surface area is 97.5 Å². The summed E-state index contributed by atoms with van der Waals surface area (Å²) in [4.78, 5) is 10.8. The van der Waals surface area contributed by atoms with E-state index in [4.69, 9.17) is 21.3 Å². The molecule has 1 N–H and O–H groups in total. The Morgan fingerprint density at radius 3 is 2.75 bits per heavy atom. The molecule has 1 aromatic heterocycles. The maximum atomic E-state index is 12.1. The van der Waals surface area contributed by atoms with E-state index in [1.54, 1.807) is 6.92 Å². The summed E-state index contributed by atoms with van der Waals surface area (Å²) in [7, 11) is -2.11. The lowest BCUT2D eigenvalue weighted by Crippen LogP contribution is -2.13. The van der Waals surface area contributed by atoms with Crippen molar-refractivity contribution >= 4 is 25.2 Å². The van der Waals surface area contributed by atoms with Gasteiger partial charge in [0, 0.05) is 19.2 Å². The van der Waals surface area contributed by atoms with Gasteiger partial charge in [-0.1, -0.05) is 12.2 Å². The van der Waals surface area contributed by atoms with Gasteiger partial charge in [0.05, 0.1) is 5.66 Å². The highest BCUT2D eigenvalue weighted by Gasteiger charge is 2.31. The van der Waals surface area contributed by atoms with E-state index < -0.39 is 13.3 Å². The van der Waals surface area contributed by atoms with Crippen LogP contribution in [0.25, 0.3) is 0 Å². The molecule has 0 spiro atoms. The van der Waals surface area contributed by atoms with E-state index in [1.165, 1.54) is 24.6 Å². The Morgan fingerprint density at radius 1 is 1.62 bits per heavy atom. The molecule has 0 bridgehead atoms. The minimum absolute atomic E-state index is 0.0217. The Balaban J connectivity index is 2.93. The van der Waals surface area contributed by atoms with Gasteiger partial charge in [-0.15, -0.1) is 5.10 Å². The molecule has 0 amide bonds. The maximum Gasteiger partial charge on any atom is 0.387 e. The zero-order chi connectivity index (χ0) is 12.2. The Morgan fingerprint density at radius 2 is 2.31 bits per heavy atom. The molecule has 1 aromatic rings. The first-order valence-corrected chi connectivity index (χ1v) is 6.46. The standard InChI is InChI=1S/C8H11N2O4PS/c1-6(5-16)15(12,13-2)14-8-4-3-7(11)9-10-8/h3-6H,1-2H3,(H,9,11). The predicted octanol–water partition coefficient (Wildman–Crippen LogP) is 1.38. The Hall–Kier alpha value is -1.04. The molecule has 0 aliphatic rings. The number of nitrogens with zero attached hydrogens (tertiary/aromatic N) is 1. The summed E-state index contributed by atoms with van der Waals surface area (Å²) < 4.78 is 22.0. The highest BCUT2D eigenvalue weighted by Crippen LogP contribution is 2.50. The van der Waals surface area contributed by atoms with E-state index in [0.717, 1.165) is 0 Å². The lowest BCUT2D eigenvalue weighted by atomic mass is 10.6. The number of aromatic amines is 1. The number of aromatic nitrogens is 2. The van der Waals surface area contributed by atoms with Crippen LogP contribution in [0.4, 0.5) is 0 Å². The number of hydrogen-bond acceptors (Lipinski definition) is 6. The second-order valence-corrected chi connectivity index (χ2v) is 5.66. The molecule has 2 unspecified atom stereocenters. The van der Waals surface area contributed by atoms with Crippen LogP contribution in [0.5, 0.6) is 5.88 Å². The van der Waals surface area contributed by atoms with Crippen LogP contribution in [0.2, 0.25) is 0 Å². The van der Waals surface area contributed by atoms with Crippen molar-refractivity contribution in [1.82, 2.24) is 10.2 Å². The van der Waals surface area contributed by atoms with Gasteiger partial charge < -0.3 is 9.05 Å². The van der Waals surface area contributed by atoms with E-state index in [9.17, 15) is 9.36 Å². The van der Waals surface area contributed by atoms with Crippen molar-refractivity contribution in [3.63, 3.8) is 0 Å². The summed E-state index contributed by atoms with van der Waals surface area (Å²) in [5.74, 6) is 0.0217. The minimum Gasteiger partial charge on any atom is -0.404 e. The Kier molecular flexibility index (Phi) is 4.35. The van der Waals surface area contributed by atoms with Crippen LogP contribution >= 0.6 is 19.8 Å². The van der Waals surface area contributed by atoms with Crippen LogP contribution in [-0.2, 0) is 9.09 Å². The molecule has 88 valence electrons. The highest BCUT2D eigenvalue weighted by atomic mass is 32.1. The first-order chi connectivity index (χ1) is 7.51. The van der Waals surface area contributed by atoms with Crippen molar-refractivity contribution in [1.29, 1.82) is 0 Å². The number of nitrogens with one attached hydrogen (secondary N) is 1. The number of rotatable bonds is 5. The summed E-state index contributed by atoms with van der Waals surface area (Å²) in [6.07, 6.45) is 0. The summed E-state index contributed by atoms with van der Waals surface area (Å²) in [6.45, 7) is 1.61. The van der Waals surface area contributed by atoms with Gasteiger partial charge in [-0.2, -0.15) is 0 Å². The molecule has 6 nitrogen and oxygen atoms in total. The molecule has 0 radical (unpaired) electrons. The topological polar surface area (TPSA) is 81.3 Å². The average molecular weight is 262 g/mol. The van der Waals surface area contributed by atoms with Crippen molar-refractivity contribution in [3.05, 3.63) is 22.5 Å². The molecular weight excluding hydrogens is 251 g/mol. The molecule has 2 atom stereocenters. The van der Waals surface area contributed by atoms with Gasteiger partial charge in [0.2, 0.25) is 5.88 Å². The lowest BCUT2D eigenvalue weighted by Gasteiger charge is -2.19. The second-order valence-electron chi connectivity index (χ2n) is 2.95. The van der Waals surface area contributed by atoms with E-state index in [0.29, 0.717) is 0 Å². The zero-order valence-corrected chi connectivity index (χ0v) is 10.5. The molecular formula is C8H11N2O4PS. The third-order valence-electron chi connectivity index (χ3n) is 1.82. The largest absolute Gasteiger partial charge is 0.404 e. The first kappa shape index (κ1) is 13.0.